The van der Waals surface area contributed by atoms with Crippen molar-refractivity contribution < 1.29 is 0 Å². The van der Waals surface area contributed by atoms with Crippen LogP contribution in [0.1, 0.15) is 27.2 Å². The van der Waals surface area contributed by atoms with Gasteiger partial charge in [0.1, 0.15) is 0 Å². The zero-order chi connectivity index (χ0) is 8.48. The van der Waals surface area contributed by atoms with Crippen molar-refractivity contribution in [3.8, 4) is 0 Å². The van der Waals surface area contributed by atoms with Crippen LogP contribution in [0.2, 0.25) is 0 Å². The molecule has 13 heavy (non-hydrogen) atoms. The summed E-state index contributed by atoms with van der Waals surface area (Å²) in [6.07, 6.45) is 1.18. The zero-order valence-corrected chi connectivity index (χ0v) is 10.4. The maximum Gasteiger partial charge on any atom is 0.0180 e. The SMILES string of the molecule is CC(C)(C)CN1CCC(N)C1.Cl.Cl. The second-order valence-corrected chi connectivity index (χ2v) is 4.84. The molecule has 4 heteroatoms. The van der Waals surface area contributed by atoms with E-state index in [0.717, 1.165) is 6.54 Å². The van der Waals surface area contributed by atoms with E-state index in [4.69, 9.17) is 5.73 Å². The molecule has 1 fully saturated rings. The highest BCUT2D eigenvalue weighted by atomic mass is 35.5. The molecule has 0 aromatic rings. The molecular formula is C9H22Cl2N2. The normalized spacial score (nSPS) is 23.5. The van der Waals surface area contributed by atoms with Crippen LogP contribution in [0.25, 0.3) is 0 Å². The van der Waals surface area contributed by atoms with Crippen LogP contribution in [-0.2, 0) is 0 Å². The van der Waals surface area contributed by atoms with Crippen molar-refractivity contribution >= 4 is 24.8 Å². The fourth-order valence-electron chi connectivity index (χ4n) is 1.68. The van der Waals surface area contributed by atoms with Gasteiger partial charge in [-0.1, -0.05) is 20.8 Å². The summed E-state index contributed by atoms with van der Waals surface area (Å²) in [7, 11) is 0. The van der Waals surface area contributed by atoms with Gasteiger partial charge >= 0.3 is 0 Å². The summed E-state index contributed by atoms with van der Waals surface area (Å²) in [5, 5.41) is 0. The van der Waals surface area contributed by atoms with Crippen LogP contribution in [0.5, 0.6) is 0 Å². The predicted molar refractivity (Wildman–Crippen MR) is 63.0 cm³/mol. The van der Waals surface area contributed by atoms with E-state index in [-0.39, 0.29) is 24.8 Å². The molecule has 82 valence electrons. The van der Waals surface area contributed by atoms with Gasteiger partial charge in [0, 0.05) is 19.1 Å². The maximum absolute atomic E-state index is 5.80. The molecule has 0 bridgehead atoms. The third-order valence-electron chi connectivity index (χ3n) is 2.01. The van der Waals surface area contributed by atoms with Crippen LogP contribution >= 0.6 is 24.8 Å². The number of hydrogen-bond donors (Lipinski definition) is 1. The van der Waals surface area contributed by atoms with Crippen molar-refractivity contribution in [2.45, 2.75) is 33.2 Å². The number of nitrogens with two attached hydrogens (primary N) is 1. The van der Waals surface area contributed by atoms with Crippen LogP contribution in [0.15, 0.2) is 0 Å². The van der Waals surface area contributed by atoms with Crippen molar-refractivity contribution in [3.63, 3.8) is 0 Å². The summed E-state index contributed by atoms with van der Waals surface area (Å²) in [5.74, 6) is 0. The number of likely N-dealkylation sites (tertiary alicyclic amines) is 1. The van der Waals surface area contributed by atoms with E-state index in [1.807, 2.05) is 0 Å². The molecule has 1 rings (SSSR count). The van der Waals surface area contributed by atoms with Gasteiger partial charge in [-0.2, -0.15) is 0 Å². The van der Waals surface area contributed by atoms with Crippen molar-refractivity contribution in [1.29, 1.82) is 0 Å². The van der Waals surface area contributed by atoms with E-state index in [1.54, 1.807) is 0 Å². The molecule has 2 N–H and O–H groups in total. The lowest BCUT2D eigenvalue weighted by molar-refractivity contribution is 0.225. The Labute approximate surface area is 94.1 Å². The summed E-state index contributed by atoms with van der Waals surface area (Å²) in [5.41, 5.74) is 6.22. The molecule has 2 nitrogen and oxygen atoms in total. The Hall–Kier alpha value is 0.500. The molecule has 1 saturated heterocycles. The molecule has 0 aromatic heterocycles. The highest BCUT2D eigenvalue weighted by Gasteiger charge is 2.23. The lowest BCUT2D eigenvalue weighted by Gasteiger charge is -2.25. The minimum Gasteiger partial charge on any atom is -0.326 e. The highest BCUT2D eigenvalue weighted by molar-refractivity contribution is 5.85. The Kier molecular flexibility index (Phi) is 7.45. The first-order valence-electron chi connectivity index (χ1n) is 4.45. The zero-order valence-electron chi connectivity index (χ0n) is 8.75. The molecule has 1 heterocycles. The van der Waals surface area contributed by atoms with Crippen LogP contribution in [0.4, 0.5) is 0 Å². The van der Waals surface area contributed by atoms with Gasteiger partial charge in [0.2, 0.25) is 0 Å². The van der Waals surface area contributed by atoms with Gasteiger partial charge < -0.3 is 10.6 Å². The molecule has 1 aliphatic heterocycles. The summed E-state index contributed by atoms with van der Waals surface area (Å²) >= 11 is 0. The quantitative estimate of drug-likeness (QED) is 0.744. The minimum atomic E-state index is 0. The Bertz CT molecular complexity index is 134. The third kappa shape index (κ3) is 6.55. The van der Waals surface area contributed by atoms with E-state index in [1.165, 1.54) is 19.5 Å². The van der Waals surface area contributed by atoms with Crippen molar-refractivity contribution in [3.05, 3.63) is 0 Å². The first kappa shape index (κ1) is 15.9. The molecule has 0 amide bonds. The van der Waals surface area contributed by atoms with Crippen molar-refractivity contribution in [1.82, 2.24) is 4.90 Å². The van der Waals surface area contributed by atoms with Crippen molar-refractivity contribution in [2.24, 2.45) is 11.1 Å². The molecule has 1 atom stereocenters. The van der Waals surface area contributed by atoms with Crippen molar-refractivity contribution in [2.75, 3.05) is 19.6 Å². The van der Waals surface area contributed by atoms with Gasteiger partial charge in [-0.05, 0) is 18.4 Å². The second-order valence-electron chi connectivity index (χ2n) is 4.84. The standard InChI is InChI=1S/C9H20N2.2ClH/c1-9(2,3)7-11-5-4-8(10)6-11;;/h8H,4-7,10H2,1-3H3;2*1H. The number of hydrogen-bond acceptors (Lipinski definition) is 2. The van der Waals surface area contributed by atoms with Gasteiger partial charge in [-0.3, -0.25) is 0 Å². The van der Waals surface area contributed by atoms with Gasteiger partial charge in [0.25, 0.3) is 0 Å². The van der Waals surface area contributed by atoms with Gasteiger partial charge in [0.05, 0.1) is 0 Å². The van der Waals surface area contributed by atoms with E-state index < -0.39 is 0 Å². The second kappa shape index (κ2) is 6.07. The molecular weight excluding hydrogens is 207 g/mol. The average molecular weight is 229 g/mol. The Morgan fingerprint density at radius 1 is 1.31 bits per heavy atom. The molecule has 1 aliphatic rings. The number of nitrogens with zero attached hydrogens (tertiary/aromatic N) is 1. The van der Waals surface area contributed by atoms with Gasteiger partial charge in [-0.15, -0.1) is 24.8 Å². The average Bonchev–Trinajstić information content (AvgIpc) is 2.10. The monoisotopic (exact) mass is 228 g/mol. The lowest BCUT2D eigenvalue weighted by atomic mass is 9.96. The van der Waals surface area contributed by atoms with Gasteiger partial charge in [-0.25, -0.2) is 0 Å². The van der Waals surface area contributed by atoms with Crippen LogP contribution < -0.4 is 5.73 Å². The Morgan fingerprint density at radius 3 is 2.15 bits per heavy atom. The fourth-order valence-corrected chi connectivity index (χ4v) is 1.68. The smallest absolute Gasteiger partial charge is 0.0180 e. The Balaban J connectivity index is 0. The summed E-state index contributed by atoms with van der Waals surface area (Å²) < 4.78 is 0. The number of halogens is 2. The molecule has 0 saturated carbocycles. The molecule has 0 spiro atoms. The van der Waals surface area contributed by atoms with Crippen LogP contribution in [-0.4, -0.2) is 30.6 Å². The summed E-state index contributed by atoms with van der Waals surface area (Å²) in [4.78, 5) is 2.46. The first-order valence-corrected chi connectivity index (χ1v) is 4.45. The largest absolute Gasteiger partial charge is 0.326 e. The topological polar surface area (TPSA) is 29.3 Å². The van der Waals surface area contributed by atoms with Gasteiger partial charge in [0.15, 0.2) is 0 Å². The Morgan fingerprint density at radius 2 is 1.85 bits per heavy atom. The summed E-state index contributed by atoms with van der Waals surface area (Å²) in [6.45, 7) is 10.3. The van der Waals surface area contributed by atoms with Crippen LogP contribution in [0, 0.1) is 5.41 Å². The highest BCUT2D eigenvalue weighted by Crippen LogP contribution is 2.18. The third-order valence-corrected chi connectivity index (χ3v) is 2.01. The number of rotatable bonds is 1. The van der Waals surface area contributed by atoms with E-state index in [0.29, 0.717) is 11.5 Å². The first-order chi connectivity index (χ1) is 4.97. The maximum atomic E-state index is 5.80. The van der Waals surface area contributed by atoms with E-state index in [2.05, 4.69) is 25.7 Å². The summed E-state index contributed by atoms with van der Waals surface area (Å²) in [6, 6.07) is 0.428. The molecule has 0 aliphatic carbocycles. The lowest BCUT2D eigenvalue weighted by Crippen LogP contribution is -2.33. The van der Waals surface area contributed by atoms with E-state index in [9.17, 15) is 0 Å². The van der Waals surface area contributed by atoms with E-state index >= 15 is 0 Å². The molecule has 0 radical (unpaired) electrons. The molecule has 0 aromatic carbocycles. The molecule has 1 unspecified atom stereocenters. The minimum absolute atomic E-state index is 0. The van der Waals surface area contributed by atoms with Crippen LogP contribution in [0.3, 0.4) is 0 Å². The predicted octanol–water partition coefficient (Wildman–Crippen LogP) is 1.91. The fraction of sp³-hybridized carbons (Fsp3) is 1.00.